The van der Waals surface area contributed by atoms with Gasteiger partial charge in [0, 0.05) is 23.7 Å². The van der Waals surface area contributed by atoms with Gasteiger partial charge < -0.3 is 9.47 Å². The van der Waals surface area contributed by atoms with Gasteiger partial charge in [0.25, 0.3) is 0 Å². The quantitative estimate of drug-likeness (QED) is 0.870. The molecular weight excluding hydrogens is 298 g/mol. The van der Waals surface area contributed by atoms with Crippen molar-refractivity contribution >= 4 is 21.4 Å². The molecule has 0 amide bonds. The topological polar surface area (TPSA) is 48.7 Å². The summed E-state index contributed by atoms with van der Waals surface area (Å²) >= 11 is 3.42. The third-order valence-corrected chi connectivity index (χ3v) is 3.47. The Morgan fingerprint density at radius 3 is 3.33 bits per heavy atom. The highest BCUT2D eigenvalue weighted by molar-refractivity contribution is 9.10. The molecule has 3 heterocycles. The van der Waals surface area contributed by atoms with Gasteiger partial charge in [-0.05, 0) is 34.8 Å². The molecule has 0 spiro atoms. The predicted molar refractivity (Wildman–Crippen MR) is 69.8 cm³/mol. The van der Waals surface area contributed by atoms with Gasteiger partial charge in [0.05, 0.1) is 12.7 Å². The summed E-state index contributed by atoms with van der Waals surface area (Å²) in [4.78, 5) is 4.17. The minimum atomic E-state index is 0.348. The molecule has 2 aromatic heterocycles. The first-order valence-electron chi connectivity index (χ1n) is 6.06. The number of aromatic nitrogens is 3. The summed E-state index contributed by atoms with van der Waals surface area (Å²) in [6, 6.07) is 1.95. The zero-order valence-corrected chi connectivity index (χ0v) is 11.5. The van der Waals surface area contributed by atoms with Crippen molar-refractivity contribution < 1.29 is 9.47 Å². The molecule has 1 aliphatic rings. The lowest BCUT2D eigenvalue weighted by Gasteiger charge is -2.10. The number of fused-ring (bicyclic) bond motifs is 1. The molecular formula is C12H14BrN3O2. The second kappa shape index (κ2) is 5.24. The molecule has 18 heavy (non-hydrogen) atoms. The Balaban J connectivity index is 1.66. The molecule has 1 saturated heterocycles. The standard InChI is InChI=1S/C12H14BrN3O2/c13-9-6-11-12(14-8-15-16(11)7-9)18-5-3-10-2-1-4-17-10/h6-8,10H,1-5H2. The van der Waals surface area contributed by atoms with Crippen LogP contribution in [-0.2, 0) is 4.74 Å². The summed E-state index contributed by atoms with van der Waals surface area (Å²) in [5.41, 5.74) is 0.872. The number of nitrogens with zero attached hydrogens (tertiary/aromatic N) is 3. The minimum absolute atomic E-state index is 0.348. The summed E-state index contributed by atoms with van der Waals surface area (Å²) in [5.74, 6) is 0.619. The van der Waals surface area contributed by atoms with Gasteiger partial charge in [0.1, 0.15) is 11.8 Å². The predicted octanol–water partition coefficient (Wildman–Crippen LogP) is 2.44. The first-order chi connectivity index (χ1) is 8.83. The molecule has 0 aliphatic carbocycles. The van der Waals surface area contributed by atoms with E-state index in [1.165, 1.54) is 6.33 Å². The molecule has 0 aromatic carbocycles. The molecule has 1 aliphatic heterocycles. The van der Waals surface area contributed by atoms with E-state index in [0.29, 0.717) is 18.6 Å². The first kappa shape index (κ1) is 11.9. The fourth-order valence-corrected chi connectivity index (χ4v) is 2.56. The van der Waals surface area contributed by atoms with Crippen LogP contribution in [0.25, 0.3) is 5.52 Å². The Labute approximate surface area is 113 Å². The van der Waals surface area contributed by atoms with Crippen LogP contribution in [0.4, 0.5) is 0 Å². The van der Waals surface area contributed by atoms with Crippen LogP contribution in [0.3, 0.4) is 0 Å². The first-order valence-corrected chi connectivity index (χ1v) is 6.85. The Morgan fingerprint density at radius 2 is 2.50 bits per heavy atom. The van der Waals surface area contributed by atoms with Crippen LogP contribution < -0.4 is 4.74 Å². The SMILES string of the molecule is Brc1cc2c(OCCC3CCCO3)ncnn2c1. The van der Waals surface area contributed by atoms with Crippen molar-refractivity contribution in [1.29, 1.82) is 0 Å². The van der Waals surface area contributed by atoms with Gasteiger partial charge in [0.2, 0.25) is 5.88 Å². The molecule has 5 nitrogen and oxygen atoms in total. The van der Waals surface area contributed by atoms with Gasteiger partial charge in [-0.3, -0.25) is 0 Å². The summed E-state index contributed by atoms with van der Waals surface area (Å²) in [6.45, 7) is 1.51. The van der Waals surface area contributed by atoms with E-state index < -0.39 is 0 Å². The Kier molecular flexibility index (Phi) is 3.47. The van der Waals surface area contributed by atoms with Crippen molar-refractivity contribution in [2.24, 2.45) is 0 Å². The number of halogens is 1. The molecule has 1 atom stereocenters. The number of rotatable bonds is 4. The highest BCUT2D eigenvalue weighted by atomic mass is 79.9. The van der Waals surface area contributed by atoms with E-state index in [9.17, 15) is 0 Å². The number of hydrogen-bond donors (Lipinski definition) is 0. The average Bonchev–Trinajstić information content (AvgIpc) is 2.97. The fraction of sp³-hybridized carbons (Fsp3) is 0.500. The Hall–Kier alpha value is -1.14. The number of ether oxygens (including phenoxy) is 2. The lowest BCUT2D eigenvalue weighted by atomic mass is 10.2. The summed E-state index contributed by atoms with van der Waals surface area (Å²) in [7, 11) is 0. The van der Waals surface area contributed by atoms with Gasteiger partial charge in [0.15, 0.2) is 0 Å². The van der Waals surface area contributed by atoms with Crippen molar-refractivity contribution in [3.05, 3.63) is 23.1 Å². The minimum Gasteiger partial charge on any atom is -0.476 e. The molecule has 6 heteroatoms. The largest absolute Gasteiger partial charge is 0.476 e. The molecule has 0 N–H and O–H groups in total. The van der Waals surface area contributed by atoms with Crippen molar-refractivity contribution in [2.45, 2.75) is 25.4 Å². The van der Waals surface area contributed by atoms with Gasteiger partial charge in [-0.15, -0.1) is 0 Å². The molecule has 2 aromatic rings. The molecule has 96 valence electrons. The van der Waals surface area contributed by atoms with Crippen molar-refractivity contribution in [2.75, 3.05) is 13.2 Å². The lowest BCUT2D eigenvalue weighted by molar-refractivity contribution is 0.0898. The van der Waals surface area contributed by atoms with Gasteiger partial charge in [-0.25, -0.2) is 4.52 Å². The monoisotopic (exact) mass is 311 g/mol. The van der Waals surface area contributed by atoms with E-state index in [1.807, 2.05) is 12.3 Å². The molecule has 0 saturated carbocycles. The summed E-state index contributed by atoms with van der Waals surface area (Å²) in [6.07, 6.45) is 6.94. The Bertz CT molecular complexity index is 537. The molecule has 3 rings (SSSR count). The maximum Gasteiger partial charge on any atom is 0.241 e. The van der Waals surface area contributed by atoms with Crippen LogP contribution >= 0.6 is 15.9 Å². The van der Waals surface area contributed by atoms with E-state index in [2.05, 4.69) is 26.0 Å². The van der Waals surface area contributed by atoms with Crippen LogP contribution in [0.5, 0.6) is 5.88 Å². The van der Waals surface area contributed by atoms with Crippen LogP contribution in [-0.4, -0.2) is 33.9 Å². The van der Waals surface area contributed by atoms with E-state index in [-0.39, 0.29) is 0 Å². The van der Waals surface area contributed by atoms with E-state index in [0.717, 1.165) is 35.9 Å². The summed E-state index contributed by atoms with van der Waals surface area (Å²) < 4.78 is 14.0. The molecule has 0 radical (unpaired) electrons. The molecule has 1 unspecified atom stereocenters. The number of hydrogen-bond acceptors (Lipinski definition) is 4. The zero-order chi connectivity index (χ0) is 12.4. The maximum absolute atomic E-state index is 5.72. The fourth-order valence-electron chi connectivity index (χ4n) is 2.15. The van der Waals surface area contributed by atoms with Crippen molar-refractivity contribution in [3.8, 4) is 5.88 Å². The second-order valence-electron chi connectivity index (χ2n) is 4.33. The highest BCUT2D eigenvalue weighted by Crippen LogP contribution is 2.22. The normalized spacial score (nSPS) is 19.5. The van der Waals surface area contributed by atoms with Gasteiger partial charge in [-0.1, -0.05) is 0 Å². The van der Waals surface area contributed by atoms with E-state index >= 15 is 0 Å². The third-order valence-electron chi connectivity index (χ3n) is 3.04. The second-order valence-corrected chi connectivity index (χ2v) is 5.24. The van der Waals surface area contributed by atoms with Crippen molar-refractivity contribution in [1.82, 2.24) is 14.6 Å². The maximum atomic E-state index is 5.72. The van der Waals surface area contributed by atoms with E-state index in [1.54, 1.807) is 4.52 Å². The van der Waals surface area contributed by atoms with Crippen LogP contribution in [0.15, 0.2) is 23.1 Å². The molecule has 1 fully saturated rings. The van der Waals surface area contributed by atoms with Crippen LogP contribution in [0.1, 0.15) is 19.3 Å². The van der Waals surface area contributed by atoms with E-state index in [4.69, 9.17) is 9.47 Å². The average molecular weight is 312 g/mol. The lowest BCUT2D eigenvalue weighted by Crippen LogP contribution is -2.11. The Morgan fingerprint density at radius 1 is 1.56 bits per heavy atom. The van der Waals surface area contributed by atoms with Gasteiger partial charge in [-0.2, -0.15) is 10.1 Å². The van der Waals surface area contributed by atoms with Crippen molar-refractivity contribution in [3.63, 3.8) is 0 Å². The third kappa shape index (κ3) is 2.49. The highest BCUT2D eigenvalue weighted by Gasteiger charge is 2.15. The van der Waals surface area contributed by atoms with Crippen LogP contribution in [0, 0.1) is 0 Å². The van der Waals surface area contributed by atoms with Crippen LogP contribution in [0.2, 0.25) is 0 Å². The zero-order valence-electron chi connectivity index (χ0n) is 9.88. The molecule has 0 bridgehead atoms. The summed E-state index contributed by atoms with van der Waals surface area (Å²) in [5, 5.41) is 4.12. The van der Waals surface area contributed by atoms with Gasteiger partial charge >= 0.3 is 0 Å². The smallest absolute Gasteiger partial charge is 0.241 e.